The first kappa shape index (κ1) is 104. The number of nitrogens with zero attached hydrogens (tertiary/aromatic N) is 23. The normalized spacial score (nSPS) is 10.6. The molecule has 29 heteroatoms. The second-order valence-electron chi connectivity index (χ2n) is 32.3. The number of alkyl halides is 3. The van der Waals surface area contributed by atoms with Gasteiger partial charge in [-0.2, -0.15) is 197 Å². The Hall–Kier alpha value is -15.9. The zero-order valence-corrected chi connectivity index (χ0v) is 86.5. The van der Waals surface area contributed by atoms with Crippen molar-refractivity contribution in [3.05, 3.63) is 460 Å². The number of benzene rings is 12. The summed E-state index contributed by atoms with van der Waals surface area (Å²) >= 11 is 0. The van der Waals surface area contributed by atoms with Gasteiger partial charge in [0.25, 0.3) is 0 Å². The Kier molecular flexibility index (Phi) is 35.4. The van der Waals surface area contributed by atoms with E-state index in [-0.39, 0.29) is 66.0 Å². The van der Waals surface area contributed by atoms with Crippen molar-refractivity contribution in [2.45, 2.75) is 47.7 Å². The van der Waals surface area contributed by atoms with Crippen LogP contribution < -0.4 is 42.7 Å². The predicted octanol–water partition coefficient (Wildman–Crippen LogP) is 17.3. The van der Waals surface area contributed by atoms with E-state index >= 15 is 0 Å². The molecule has 12 aromatic carbocycles. The van der Waals surface area contributed by atoms with Crippen LogP contribution in [-0.4, -0.2) is 68.1 Å². The molecule has 12 aromatic heterocycles. The van der Waals surface area contributed by atoms with Crippen LogP contribution in [0.5, 0.6) is 0 Å². The Bertz CT molecular complexity index is 7180. The standard InChI is InChI=1S/6C15H13N2.C9H5F3N3.C8H6N3.C6H4N5.3Ir/c6*1-12-6-5-7-13(10-12)17-11-16(2)14-8-3-4-9-15(14)17;10-9(11,12)8-5-7(14-15-8)6-3-1-2-4-13-6;1-2-5-9-7(3-1)8-4-6-10-11-8;1-2-4-7-5(3-1)6-8-10-11-9-6;;;/h6*3-6,8-10H,1-2H3;1-5H;1-6H;1-4H;;;/q9*-1;;;. The van der Waals surface area contributed by atoms with E-state index in [4.69, 9.17) is 0 Å². The zero-order valence-electron chi connectivity index (χ0n) is 79.3. The van der Waals surface area contributed by atoms with Gasteiger partial charge in [-0.25, -0.2) is 0 Å². The van der Waals surface area contributed by atoms with Gasteiger partial charge in [-0.15, -0.1) is 0 Å². The van der Waals surface area contributed by atoms with Crippen LogP contribution in [0.2, 0.25) is 0 Å². The number of hydrogen-bond acceptors (Lipinski definition) is 8. The summed E-state index contributed by atoms with van der Waals surface area (Å²) in [4.78, 5) is 12.0. The van der Waals surface area contributed by atoms with E-state index in [0.717, 1.165) is 84.7 Å². The Balaban J connectivity index is 0.000000134. The smallest absolute Gasteiger partial charge is 0.431 e. The number of aryl methyl sites for hydroxylation is 12. The molecule has 0 spiro atoms. The SMILES string of the molecule is Cc1cc[c-]c(-n2[c-][n+](C)c3ccccc32)c1.Cc1cc[c-]c(-n2[c-][n+](C)c3ccccc32)c1.Cc1cc[c-]c(-n2[c-][n+](C)c3ccccc32)c1.Cc1cc[c-]c(-n2[c-][n+](C)c3ccccc32)c1.Cc1cc[c-]c(-n2[c-][n+](C)c3ccccc32)c1.Cc1cc[c-]c(-n2[c-][n+](C)c3ccccc32)c1.FC(F)(F)c1cc(-c2ccccn2)[n-]n1.[Ir].[Ir].[Ir].c1ccc(-c2ccn[n-]2)nc1.c1ccc(-c2nnn[n-]2)nc1. The van der Waals surface area contributed by atoms with Gasteiger partial charge in [0, 0.05) is 96.5 Å². The second kappa shape index (κ2) is 48.6. The van der Waals surface area contributed by atoms with Crippen LogP contribution in [0.3, 0.4) is 0 Å². The number of tetrazole rings is 1. The largest absolute Gasteiger partial charge is 0.574 e. The fraction of sp³-hybridized carbons (Fsp3) is 0.115. The molecule has 0 amide bonds. The summed E-state index contributed by atoms with van der Waals surface area (Å²) in [5.41, 5.74) is 29.4. The van der Waals surface area contributed by atoms with Crippen molar-refractivity contribution in [2.75, 3.05) is 0 Å². The fourth-order valence-electron chi connectivity index (χ4n) is 15.1. The van der Waals surface area contributed by atoms with Gasteiger partial charge >= 0.3 is 6.18 Å². The van der Waals surface area contributed by atoms with E-state index in [1.807, 2.05) is 243 Å². The molecule has 0 N–H and O–H groups in total. The molecule has 23 nitrogen and oxygen atoms in total. The molecule has 12 heterocycles. The van der Waals surface area contributed by atoms with Crippen molar-refractivity contribution in [1.29, 1.82) is 0 Å². The molecular weight excluding hydrogens is 2310 g/mol. The molecule has 0 saturated heterocycles. The van der Waals surface area contributed by atoms with Crippen molar-refractivity contribution in [3.63, 3.8) is 0 Å². The minimum Gasteiger partial charge on any atom is -0.574 e. The van der Waals surface area contributed by atoms with Gasteiger partial charge in [0.2, 0.25) is 38.0 Å². The average Bonchev–Trinajstić information content (AvgIpc) is 1.67. The molecule has 0 atom stereocenters. The number of para-hydroxylation sites is 12. The van der Waals surface area contributed by atoms with E-state index in [2.05, 4.69) is 317 Å². The molecule has 142 heavy (non-hydrogen) atoms. The van der Waals surface area contributed by atoms with Crippen LogP contribution in [0.1, 0.15) is 39.1 Å². The van der Waals surface area contributed by atoms with E-state index in [1.54, 1.807) is 42.9 Å². The molecule has 24 aromatic rings. The summed E-state index contributed by atoms with van der Waals surface area (Å²) in [6.45, 7) is 12.5. The van der Waals surface area contributed by atoms with Gasteiger partial charge in [0.05, 0.1) is 120 Å². The first-order valence-corrected chi connectivity index (χ1v) is 44.2. The summed E-state index contributed by atoms with van der Waals surface area (Å²) in [6, 6.07) is 125. The summed E-state index contributed by atoms with van der Waals surface area (Å²) in [5, 5.41) is 28.1. The van der Waals surface area contributed by atoms with Crippen LogP contribution in [0, 0.1) is 116 Å². The third-order valence-electron chi connectivity index (χ3n) is 21.9. The second-order valence-corrected chi connectivity index (χ2v) is 32.3. The van der Waals surface area contributed by atoms with E-state index < -0.39 is 11.9 Å². The molecule has 3 radical (unpaired) electrons. The maximum absolute atomic E-state index is 12.2. The molecule has 0 saturated carbocycles. The van der Waals surface area contributed by atoms with Crippen molar-refractivity contribution in [3.8, 4) is 68.4 Å². The van der Waals surface area contributed by atoms with Crippen LogP contribution in [0.15, 0.2) is 346 Å². The van der Waals surface area contributed by atoms with Crippen LogP contribution >= 0.6 is 0 Å². The fourth-order valence-corrected chi connectivity index (χ4v) is 15.1. The molecule has 0 aliphatic carbocycles. The summed E-state index contributed by atoms with van der Waals surface area (Å²) < 4.78 is 60.9. The van der Waals surface area contributed by atoms with Gasteiger partial charge in [0.15, 0.2) is 0 Å². The molecule has 24 rings (SSSR count). The topological polar surface area (TPSA) is 198 Å². The number of hydrogen-bond donors (Lipinski definition) is 0. The van der Waals surface area contributed by atoms with Crippen molar-refractivity contribution in [2.24, 2.45) is 42.3 Å². The van der Waals surface area contributed by atoms with Crippen molar-refractivity contribution >= 4 is 66.2 Å². The van der Waals surface area contributed by atoms with Crippen LogP contribution in [0.25, 0.3) is 135 Å². The number of halogens is 3. The van der Waals surface area contributed by atoms with Crippen LogP contribution in [0.4, 0.5) is 13.2 Å². The Morgan fingerprint density at radius 2 is 0.528 bits per heavy atom. The van der Waals surface area contributed by atoms with E-state index in [9.17, 15) is 13.2 Å². The Labute approximate surface area is 862 Å². The molecule has 0 aliphatic heterocycles. The first-order chi connectivity index (χ1) is 67.5. The predicted molar refractivity (Wildman–Crippen MR) is 524 cm³/mol. The quantitative estimate of drug-likeness (QED) is 0.0984. The van der Waals surface area contributed by atoms with Gasteiger partial charge in [-0.3, -0.25) is 25.3 Å². The summed E-state index contributed by atoms with van der Waals surface area (Å²) in [6.07, 6.45) is 21.9. The number of pyridine rings is 3. The summed E-state index contributed by atoms with van der Waals surface area (Å²) in [5.74, 6) is 0.464. The van der Waals surface area contributed by atoms with E-state index in [1.165, 1.54) is 72.7 Å². The molecular formula is C113H93F3Ir3N23-9. The Morgan fingerprint density at radius 3 is 0.746 bits per heavy atom. The third-order valence-corrected chi connectivity index (χ3v) is 21.9. The molecule has 0 bridgehead atoms. The van der Waals surface area contributed by atoms with Gasteiger partial charge in [0.1, 0.15) is 5.69 Å². The molecule has 0 fully saturated rings. The third kappa shape index (κ3) is 25.6. The molecule has 717 valence electrons. The Morgan fingerprint density at radius 1 is 0.275 bits per heavy atom. The number of imidazole rings is 6. The molecule has 0 unspecified atom stereocenters. The minimum absolute atomic E-state index is 0. The minimum atomic E-state index is -4.46. The zero-order chi connectivity index (χ0) is 96.9. The monoisotopic (exact) mass is 2410 g/mol. The summed E-state index contributed by atoms with van der Waals surface area (Å²) in [7, 11) is 12.1. The number of rotatable bonds is 9. The number of fused-ring (bicyclic) bond motifs is 6. The van der Waals surface area contributed by atoms with Gasteiger partial charge in [-0.05, 0) is 42.5 Å². The number of aromatic nitrogens is 23. The van der Waals surface area contributed by atoms with Crippen LogP contribution in [-0.2, 0) is 109 Å². The van der Waals surface area contributed by atoms with Crippen molar-refractivity contribution in [1.82, 2.24) is 83.4 Å². The van der Waals surface area contributed by atoms with Crippen molar-refractivity contribution < 1.29 is 101 Å². The van der Waals surface area contributed by atoms with Gasteiger partial charge < -0.3 is 80.3 Å². The maximum atomic E-state index is 12.2. The van der Waals surface area contributed by atoms with E-state index in [0.29, 0.717) is 17.2 Å². The average molecular weight is 2410 g/mol. The molecule has 0 aliphatic rings. The van der Waals surface area contributed by atoms with Gasteiger partial charge in [-0.1, -0.05) is 257 Å². The maximum Gasteiger partial charge on any atom is 0.431 e. The first-order valence-electron chi connectivity index (χ1n) is 44.2.